The molecule has 2 aliphatic carbocycles. The summed E-state index contributed by atoms with van der Waals surface area (Å²) in [6.07, 6.45) is 10.9. The molecule has 5 rings (SSSR count). The molecule has 3 aliphatic rings. The molecule has 35 heavy (non-hydrogen) atoms. The highest BCUT2D eigenvalue weighted by Gasteiger charge is 2.38. The van der Waals surface area contributed by atoms with Crippen LogP contribution in [-0.4, -0.2) is 84.3 Å². The fourth-order valence-electron chi connectivity index (χ4n) is 5.72. The third-order valence-corrected chi connectivity index (χ3v) is 7.95. The van der Waals surface area contributed by atoms with Crippen LogP contribution in [0.5, 0.6) is 6.01 Å². The average molecular weight is 483 g/mol. The molecule has 9 heteroatoms. The van der Waals surface area contributed by atoms with Crippen molar-refractivity contribution in [2.45, 2.75) is 69.6 Å². The molecule has 2 atom stereocenters. The number of nitrogens with zero attached hydrogens (tertiary/aromatic N) is 5. The van der Waals surface area contributed by atoms with Crippen LogP contribution in [0.1, 0.15) is 57.1 Å². The summed E-state index contributed by atoms with van der Waals surface area (Å²) < 4.78 is 16.5. The summed E-state index contributed by atoms with van der Waals surface area (Å²) >= 11 is 0. The van der Waals surface area contributed by atoms with Gasteiger partial charge in [0.05, 0.1) is 31.2 Å². The fourth-order valence-corrected chi connectivity index (χ4v) is 5.72. The van der Waals surface area contributed by atoms with E-state index in [1.54, 1.807) is 27.5 Å². The lowest BCUT2D eigenvalue weighted by Crippen LogP contribution is -2.40. The van der Waals surface area contributed by atoms with Gasteiger partial charge >= 0.3 is 6.01 Å². The van der Waals surface area contributed by atoms with E-state index < -0.39 is 0 Å². The Morgan fingerprint density at radius 1 is 1.03 bits per heavy atom. The summed E-state index contributed by atoms with van der Waals surface area (Å²) in [5.41, 5.74) is 3.39. The van der Waals surface area contributed by atoms with Gasteiger partial charge < -0.3 is 19.5 Å². The topological polar surface area (TPSA) is 94.5 Å². The highest BCUT2D eigenvalue weighted by Crippen LogP contribution is 2.44. The third kappa shape index (κ3) is 5.57. The van der Waals surface area contributed by atoms with E-state index in [0.717, 1.165) is 68.0 Å². The van der Waals surface area contributed by atoms with E-state index in [9.17, 15) is 0 Å². The van der Waals surface area contributed by atoms with Crippen LogP contribution in [-0.2, 0) is 9.47 Å². The molecule has 0 amide bonds. The first kappa shape index (κ1) is 24.3. The lowest BCUT2D eigenvalue weighted by Gasteiger charge is -2.40. The number of methoxy groups -OCH3 is 3. The number of anilines is 1. The molecule has 9 nitrogen and oxygen atoms in total. The van der Waals surface area contributed by atoms with Gasteiger partial charge in [0.1, 0.15) is 5.82 Å². The van der Waals surface area contributed by atoms with Crippen molar-refractivity contribution in [1.29, 1.82) is 0 Å². The minimum atomic E-state index is 0.170. The standard InChI is InChI=1S/C26H38N6O3/c1-26(16-32-14-21(33-2)22(15-32)34-3)9-7-19(8-10-26)29-23-11-18(12-28-31-23)20-13-27-25(35-4)30-24(20)17-5-6-17/h11-13,17,19,21-22H,5-10,14-16H2,1-4H3,(H,29,31)/t19?,21-,22-,26?/m1/s1. The summed E-state index contributed by atoms with van der Waals surface area (Å²) in [6.45, 7) is 5.42. The summed E-state index contributed by atoms with van der Waals surface area (Å²) in [6, 6.07) is 2.91. The Balaban J connectivity index is 1.20. The Morgan fingerprint density at radius 2 is 1.74 bits per heavy atom. The van der Waals surface area contributed by atoms with Gasteiger partial charge in [0.2, 0.25) is 0 Å². The fraction of sp³-hybridized carbons (Fsp3) is 0.692. The normalized spacial score (nSPS) is 29.3. The van der Waals surface area contributed by atoms with Crippen LogP contribution in [0.25, 0.3) is 11.1 Å². The number of rotatable bonds is 9. The molecule has 0 spiro atoms. The summed E-state index contributed by atoms with van der Waals surface area (Å²) in [7, 11) is 5.17. The van der Waals surface area contributed by atoms with Gasteiger partial charge in [0.25, 0.3) is 0 Å². The van der Waals surface area contributed by atoms with Crippen molar-refractivity contribution in [1.82, 2.24) is 25.1 Å². The van der Waals surface area contributed by atoms with E-state index in [1.807, 2.05) is 6.20 Å². The van der Waals surface area contributed by atoms with Gasteiger partial charge in [-0.15, -0.1) is 5.10 Å². The van der Waals surface area contributed by atoms with Crippen LogP contribution in [0, 0.1) is 5.41 Å². The SMILES string of the molecule is COc1ncc(-c2cnnc(NC3CCC(C)(CN4C[C@@H](OC)[C@H](OC)C4)CC3)c2)c(C2CC2)n1. The third-order valence-electron chi connectivity index (χ3n) is 7.95. The molecule has 0 radical (unpaired) electrons. The van der Waals surface area contributed by atoms with E-state index in [-0.39, 0.29) is 12.2 Å². The van der Waals surface area contributed by atoms with Gasteiger partial charge in [-0.1, -0.05) is 6.92 Å². The Labute approximate surface area is 208 Å². The first-order valence-electron chi connectivity index (χ1n) is 12.8. The molecule has 190 valence electrons. The maximum atomic E-state index is 5.62. The van der Waals surface area contributed by atoms with Crippen LogP contribution in [0.2, 0.25) is 0 Å². The van der Waals surface area contributed by atoms with Gasteiger partial charge in [-0.3, -0.25) is 4.90 Å². The first-order valence-corrected chi connectivity index (χ1v) is 12.8. The number of ether oxygens (including phenoxy) is 3. The zero-order chi connectivity index (χ0) is 24.4. The van der Waals surface area contributed by atoms with Gasteiger partial charge in [-0.05, 0) is 50.0 Å². The molecule has 3 heterocycles. The second kappa shape index (κ2) is 10.3. The Bertz CT molecular complexity index is 996. The molecule has 1 N–H and O–H groups in total. The molecule has 2 aromatic heterocycles. The second-order valence-corrected chi connectivity index (χ2v) is 10.7. The number of hydrogen-bond acceptors (Lipinski definition) is 9. The number of hydrogen-bond donors (Lipinski definition) is 1. The average Bonchev–Trinajstić information content (AvgIpc) is 3.66. The largest absolute Gasteiger partial charge is 0.467 e. The molecular weight excluding hydrogens is 444 g/mol. The van der Waals surface area contributed by atoms with Gasteiger partial charge in [-0.2, -0.15) is 10.1 Å². The molecule has 2 saturated carbocycles. The molecule has 0 unspecified atom stereocenters. The van der Waals surface area contributed by atoms with E-state index in [4.69, 9.17) is 14.2 Å². The van der Waals surface area contributed by atoms with Gasteiger partial charge in [0.15, 0.2) is 0 Å². The summed E-state index contributed by atoms with van der Waals surface area (Å²) in [4.78, 5) is 11.5. The van der Waals surface area contributed by atoms with Crippen molar-refractivity contribution in [3.05, 3.63) is 24.2 Å². The van der Waals surface area contributed by atoms with Crippen LogP contribution in [0.3, 0.4) is 0 Å². The minimum Gasteiger partial charge on any atom is -0.467 e. The lowest BCUT2D eigenvalue weighted by atomic mass is 9.73. The molecule has 1 aliphatic heterocycles. The number of aromatic nitrogens is 4. The lowest BCUT2D eigenvalue weighted by molar-refractivity contribution is -0.00461. The zero-order valence-corrected chi connectivity index (χ0v) is 21.4. The Kier molecular flexibility index (Phi) is 7.18. The Hall–Kier alpha value is -2.36. The molecule has 1 saturated heterocycles. The van der Waals surface area contributed by atoms with E-state index in [2.05, 4.69) is 43.4 Å². The van der Waals surface area contributed by atoms with E-state index >= 15 is 0 Å². The zero-order valence-electron chi connectivity index (χ0n) is 21.4. The van der Waals surface area contributed by atoms with Crippen molar-refractivity contribution < 1.29 is 14.2 Å². The summed E-state index contributed by atoms with van der Waals surface area (Å²) in [5.74, 6) is 1.30. The predicted octanol–water partition coefficient (Wildman–Crippen LogP) is 3.53. The van der Waals surface area contributed by atoms with Crippen molar-refractivity contribution >= 4 is 5.82 Å². The number of likely N-dealkylation sites (tertiary alicyclic amines) is 1. The molecule has 0 bridgehead atoms. The number of nitrogens with one attached hydrogen (secondary N) is 1. The van der Waals surface area contributed by atoms with E-state index in [1.165, 1.54) is 12.8 Å². The molecular formula is C26H38N6O3. The van der Waals surface area contributed by atoms with Crippen molar-refractivity contribution in [3.63, 3.8) is 0 Å². The highest BCUT2D eigenvalue weighted by molar-refractivity contribution is 5.68. The van der Waals surface area contributed by atoms with E-state index in [0.29, 0.717) is 23.4 Å². The summed E-state index contributed by atoms with van der Waals surface area (Å²) in [5, 5.41) is 12.3. The monoisotopic (exact) mass is 482 g/mol. The van der Waals surface area contributed by atoms with Crippen LogP contribution >= 0.6 is 0 Å². The maximum Gasteiger partial charge on any atom is 0.316 e. The highest BCUT2D eigenvalue weighted by atomic mass is 16.5. The van der Waals surface area contributed by atoms with Crippen molar-refractivity contribution in [2.75, 3.05) is 46.3 Å². The second-order valence-electron chi connectivity index (χ2n) is 10.7. The Morgan fingerprint density at radius 3 is 2.37 bits per heavy atom. The van der Waals surface area contributed by atoms with Crippen molar-refractivity contribution in [3.8, 4) is 17.1 Å². The molecule has 0 aromatic carbocycles. The molecule has 3 fully saturated rings. The van der Waals surface area contributed by atoms with Crippen molar-refractivity contribution in [2.24, 2.45) is 5.41 Å². The smallest absolute Gasteiger partial charge is 0.316 e. The van der Waals surface area contributed by atoms with Gasteiger partial charge in [-0.25, -0.2) is 4.98 Å². The van der Waals surface area contributed by atoms with Crippen LogP contribution in [0.15, 0.2) is 18.5 Å². The first-order chi connectivity index (χ1) is 17.0. The van der Waals surface area contributed by atoms with Crippen LogP contribution < -0.4 is 10.1 Å². The van der Waals surface area contributed by atoms with Crippen LogP contribution in [0.4, 0.5) is 5.82 Å². The predicted molar refractivity (Wildman–Crippen MR) is 134 cm³/mol. The quantitative estimate of drug-likeness (QED) is 0.576. The minimum absolute atomic E-state index is 0.170. The maximum absolute atomic E-state index is 5.62. The molecule has 2 aromatic rings. The van der Waals surface area contributed by atoms with Gasteiger partial charge in [0, 0.05) is 63.1 Å².